The number of hydrogen-bond acceptors (Lipinski definition) is 8. The molecule has 1 unspecified atom stereocenters. The number of aryl methyl sites for hydroxylation is 1. The lowest BCUT2D eigenvalue weighted by Crippen LogP contribution is -2.29. The van der Waals surface area contributed by atoms with E-state index in [-0.39, 0.29) is 24.6 Å². The molecule has 9 nitrogen and oxygen atoms in total. The Balaban J connectivity index is 1.91. The molecule has 0 aliphatic heterocycles. The third-order valence-corrected chi connectivity index (χ3v) is 7.99. The molecule has 2 aromatic carbocycles. The minimum Gasteiger partial charge on any atom is -0.493 e. The van der Waals surface area contributed by atoms with Crippen LogP contribution >= 0.6 is 0 Å². The van der Waals surface area contributed by atoms with Gasteiger partial charge in [0.05, 0.1) is 17.5 Å². The first kappa shape index (κ1) is 28.1. The van der Waals surface area contributed by atoms with Crippen molar-refractivity contribution in [2.45, 2.75) is 36.3 Å². The van der Waals surface area contributed by atoms with Gasteiger partial charge in [0.1, 0.15) is 18.2 Å². The molecule has 39 heavy (non-hydrogen) atoms. The number of hydrogen-bond donors (Lipinski definition) is 1. The monoisotopic (exact) mass is 553 g/mol. The van der Waals surface area contributed by atoms with Crippen LogP contribution in [0.5, 0.6) is 5.88 Å². The summed E-state index contributed by atoms with van der Waals surface area (Å²) in [6.07, 6.45) is 3.07. The van der Waals surface area contributed by atoms with E-state index in [2.05, 4.69) is 9.97 Å². The van der Waals surface area contributed by atoms with Gasteiger partial charge in [-0.25, -0.2) is 12.8 Å². The molecule has 2 heterocycles. The summed E-state index contributed by atoms with van der Waals surface area (Å²) in [7, 11) is -3.25. The minimum atomic E-state index is -4.70. The zero-order valence-electron chi connectivity index (χ0n) is 21.7. The molecule has 4 rings (SSSR count). The Morgan fingerprint density at radius 3 is 2.49 bits per heavy atom. The average Bonchev–Trinajstić information content (AvgIpc) is 2.91. The average molecular weight is 554 g/mol. The minimum absolute atomic E-state index is 0.0129. The van der Waals surface area contributed by atoms with E-state index >= 15 is 4.39 Å². The predicted octanol–water partition coefficient (Wildman–Crippen LogP) is 4.06. The molecule has 0 aliphatic rings. The molecule has 1 N–H and O–H groups in total. The molecule has 0 bridgehead atoms. The van der Waals surface area contributed by atoms with Gasteiger partial charge in [0, 0.05) is 31.7 Å². The largest absolute Gasteiger partial charge is 0.493 e. The van der Waals surface area contributed by atoms with Gasteiger partial charge < -0.3 is 14.6 Å². The van der Waals surface area contributed by atoms with Gasteiger partial charge in [0.2, 0.25) is 15.7 Å². The van der Waals surface area contributed by atoms with E-state index in [0.29, 0.717) is 23.3 Å². The van der Waals surface area contributed by atoms with Gasteiger partial charge in [-0.2, -0.15) is 4.98 Å². The highest BCUT2D eigenvalue weighted by Gasteiger charge is 2.33. The third kappa shape index (κ3) is 5.60. The van der Waals surface area contributed by atoms with Gasteiger partial charge in [-0.1, -0.05) is 36.4 Å². The topological polar surface area (TPSA) is 121 Å². The van der Waals surface area contributed by atoms with Crippen molar-refractivity contribution < 1.29 is 27.4 Å². The molecule has 0 spiro atoms. The van der Waals surface area contributed by atoms with Crippen LogP contribution in [-0.2, 0) is 25.9 Å². The molecule has 0 radical (unpaired) electrons. The van der Waals surface area contributed by atoms with Crippen molar-refractivity contribution in [1.82, 2.24) is 14.5 Å². The second kappa shape index (κ2) is 11.9. The lowest BCUT2D eigenvalue weighted by atomic mass is 10.0. The summed E-state index contributed by atoms with van der Waals surface area (Å²) >= 11 is 0. The molecular weight excluding hydrogens is 525 g/mol. The van der Waals surface area contributed by atoms with Crippen LogP contribution in [0.25, 0.3) is 11.1 Å². The van der Waals surface area contributed by atoms with E-state index in [0.717, 1.165) is 6.07 Å². The number of benzene rings is 2. The number of halogens is 1. The maximum Gasteiger partial charge on any atom is 0.296 e. The summed E-state index contributed by atoms with van der Waals surface area (Å²) < 4.78 is 54.6. The van der Waals surface area contributed by atoms with Crippen LogP contribution in [0.4, 0.5) is 4.39 Å². The normalized spacial score (nSPS) is 12.4. The number of aromatic nitrogens is 3. The Labute approximate surface area is 225 Å². The number of aromatic hydroxyl groups is 1. The standard InChI is InChI=1S/C28H28FN3O6S/c1-4-38-17-25-31-27(33)26(28(34)32(25)24(16-37-3)19-8-6-5-7-9-19)39(35,36)20-10-11-22(23(29)14-20)21-12-13-30-15-18(21)2/h5-15,24,34H,4,16-17H2,1-3H3. The summed E-state index contributed by atoms with van der Waals surface area (Å²) in [6.45, 7) is 3.65. The lowest BCUT2D eigenvalue weighted by Gasteiger charge is -2.25. The van der Waals surface area contributed by atoms with Gasteiger partial charge in [0.25, 0.3) is 5.56 Å². The second-order valence-electron chi connectivity index (χ2n) is 8.71. The molecule has 11 heteroatoms. The fourth-order valence-electron chi connectivity index (χ4n) is 4.33. The Kier molecular flexibility index (Phi) is 8.54. The van der Waals surface area contributed by atoms with Crippen LogP contribution in [0, 0.1) is 12.7 Å². The molecule has 204 valence electrons. The first-order valence-electron chi connectivity index (χ1n) is 12.1. The SMILES string of the molecule is CCOCc1nc(=O)c(S(=O)(=O)c2ccc(-c3ccncc3C)c(F)c2)c(O)n1C(COC)c1ccccc1. The highest BCUT2D eigenvalue weighted by Crippen LogP contribution is 2.34. The summed E-state index contributed by atoms with van der Waals surface area (Å²) in [5, 5.41) is 11.4. The first-order chi connectivity index (χ1) is 18.7. The van der Waals surface area contributed by atoms with Gasteiger partial charge in [-0.3, -0.25) is 14.3 Å². The number of sulfone groups is 1. The smallest absolute Gasteiger partial charge is 0.296 e. The van der Waals surface area contributed by atoms with Crippen molar-refractivity contribution >= 4 is 9.84 Å². The van der Waals surface area contributed by atoms with Gasteiger partial charge in [0.15, 0.2) is 4.90 Å². The Bertz CT molecular complexity index is 1640. The molecule has 0 fully saturated rings. The number of methoxy groups -OCH3 is 1. The van der Waals surface area contributed by atoms with E-state index in [1.807, 2.05) is 0 Å². The van der Waals surface area contributed by atoms with Crippen LogP contribution in [0.1, 0.15) is 29.9 Å². The molecule has 4 aromatic rings. The highest BCUT2D eigenvalue weighted by molar-refractivity contribution is 7.91. The van der Waals surface area contributed by atoms with E-state index in [1.165, 1.54) is 30.0 Å². The first-order valence-corrected chi connectivity index (χ1v) is 13.6. The lowest BCUT2D eigenvalue weighted by molar-refractivity contribution is 0.114. The molecular formula is C28H28FN3O6S. The summed E-state index contributed by atoms with van der Waals surface area (Å²) in [5.74, 6) is -1.64. The van der Waals surface area contributed by atoms with Gasteiger partial charge in [-0.05, 0) is 48.7 Å². The predicted molar refractivity (Wildman–Crippen MR) is 142 cm³/mol. The van der Waals surface area contributed by atoms with Crippen LogP contribution in [0.3, 0.4) is 0 Å². The zero-order chi connectivity index (χ0) is 28.2. The number of ether oxygens (including phenoxy) is 2. The second-order valence-corrected chi connectivity index (χ2v) is 10.6. The summed E-state index contributed by atoms with van der Waals surface area (Å²) in [5.41, 5.74) is 0.905. The molecule has 2 aromatic heterocycles. The number of pyridine rings is 1. The fourth-order valence-corrected chi connectivity index (χ4v) is 5.69. The van der Waals surface area contributed by atoms with Crippen molar-refractivity contribution in [3.63, 3.8) is 0 Å². The third-order valence-electron chi connectivity index (χ3n) is 6.22. The van der Waals surface area contributed by atoms with Crippen LogP contribution in [-0.4, -0.2) is 48.4 Å². The molecule has 0 saturated heterocycles. The quantitative estimate of drug-likeness (QED) is 0.312. The maximum absolute atomic E-state index is 15.2. The zero-order valence-corrected chi connectivity index (χ0v) is 22.5. The fraction of sp³-hybridized carbons (Fsp3) is 0.250. The molecule has 1 atom stereocenters. The molecule has 0 saturated carbocycles. The number of rotatable bonds is 10. The Hall–Kier alpha value is -3.93. The van der Waals surface area contributed by atoms with E-state index in [9.17, 15) is 18.3 Å². The Morgan fingerprint density at radius 1 is 1.10 bits per heavy atom. The Morgan fingerprint density at radius 2 is 1.85 bits per heavy atom. The van der Waals surface area contributed by atoms with Crippen LogP contribution < -0.4 is 5.56 Å². The van der Waals surface area contributed by atoms with Gasteiger partial charge >= 0.3 is 0 Å². The maximum atomic E-state index is 15.2. The summed E-state index contributed by atoms with van der Waals surface area (Å²) in [6, 6.07) is 13.1. The van der Waals surface area contributed by atoms with Crippen molar-refractivity contribution in [2.75, 3.05) is 20.3 Å². The molecule has 0 aliphatic carbocycles. The molecule has 0 amide bonds. The van der Waals surface area contributed by atoms with E-state index < -0.39 is 42.9 Å². The van der Waals surface area contributed by atoms with Crippen molar-refractivity contribution in [1.29, 1.82) is 0 Å². The van der Waals surface area contributed by atoms with Crippen molar-refractivity contribution in [3.8, 4) is 17.0 Å². The highest BCUT2D eigenvalue weighted by atomic mass is 32.2. The van der Waals surface area contributed by atoms with Crippen molar-refractivity contribution in [2.24, 2.45) is 0 Å². The number of nitrogens with zero attached hydrogens (tertiary/aromatic N) is 3. The van der Waals surface area contributed by atoms with E-state index in [1.54, 1.807) is 56.4 Å². The van der Waals surface area contributed by atoms with Crippen LogP contribution in [0.2, 0.25) is 0 Å². The summed E-state index contributed by atoms with van der Waals surface area (Å²) in [4.78, 5) is 19.6. The van der Waals surface area contributed by atoms with Crippen molar-refractivity contribution in [3.05, 3.63) is 100 Å². The van der Waals surface area contributed by atoms with Crippen LogP contribution in [0.15, 0.2) is 81.6 Å². The van der Waals surface area contributed by atoms with Gasteiger partial charge in [-0.15, -0.1) is 0 Å². The van der Waals surface area contributed by atoms with E-state index in [4.69, 9.17) is 9.47 Å².